The number of urea groups is 1. The minimum absolute atomic E-state index is 0.0114. The number of nitrogens with one attached hydrogen (secondary N) is 3. The fourth-order valence-corrected chi connectivity index (χ4v) is 3.04. The van der Waals surface area contributed by atoms with Gasteiger partial charge in [0.25, 0.3) is 0 Å². The van der Waals surface area contributed by atoms with Crippen LogP contribution in [0.25, 0.3) is 0 Å². The molecule has 1 aromatic carbocycles. The largest absolute Gasteiger partial charge is 0.336 e. The van der Waals surface area contributed by atoms with Crippen LogP contribution in [0.2, 0.25) is 0 Å². The number of para-hydroxylation sites is 2. The van der Waals surface area contributed by atoms with Gasteiger partial charge in [-0.2, -0.15) is 10.4 Å². The molecule has 1 aromatic heterocycles. The first-order valence-electron chi connectivity index (χ1n) is 9.68. The summed E-state index contributed by atoms with van der Waals surface area (Å²) in [5.74, 6) is -0.146. The van der Waals surface area contributed by atoms with E-state index in [1.807, 2.05) is 32.4 Å². The number of nitriles is 1. The van der Waals surface area contributed by atoms with E-state index in [0.717, 1.165) is 17.0 Å². The predicted molar refractivity (Wildman–Crippen MR) is 113 cm³/mol. The number of hydrogen-bond acceptors (Lipinski definition) is 4. The Morgan fingerprint density at radius 1 is 1.17 bits per heavy atom. The molecule has 2 aromatic rings. The fourth-order valence-electron chi connectivity index (χ4n) is 3.04. The van der Waals surface area contributed by atoms with Crippen LogP contribution < -0.4 is 16.0 Å². The second-order valence-corrected chi connectivity index (χ2v) is 7.13. The Hall–Kier alpha value is -3.34. The van der Waals surface area contributed by atoms with E-state index in [1.165, 1.54) is 0 Å². The standard InChI is InChI=1S/C21H28N6O2/c1-14(2)23-21(29)25-19-9-6-5-8-18(19)24-20(28)11-10-17-15(3)26-27(16(17)4)13-7-12-22/h5-6,8-9,14H,7,10-11,13H2,1-4H3,(H,24,28)(H2,23,25,29). The van der Waals surface area contributed by atoms with E-state index in [9.17, 15) is 9.59 Å². The molecule has 8 nitrogen and oxygen atoms in total. The highest BCUT2D eigenvalue weighted by Crippen LogP contribution is 2.22. The Balaban J connectivity index is 1.99. The van der Waals surface area contributed by atoms with Crippen molar-refractivity contribution in [2.75, 3.05) is 10.6 Å². The Morgan fingerprint density at radius 3 is 2.45 bits per heavy atom. The quantitative estimate of drug-likeness (QED) is 0.634. The van der Waals surface area contributed by atoms with Crippen LogP contribution in [0, 0.1) is 25.2 Å². The molecule has 1 heterocycles. The second-order valence-electron chi connectivity index (χ2n) is 7.13. The number of anilines is 2. The highest BCUT2D eigenvalue weighted by atomic mass is 16.2. The van der Waals surface area contributed by atoms with Crippen molar-refractivity contribution in [2.24, 2.45) is 0 Å². The SMILES string of the molecule is Cc1nn(CCC#N)c(C)c1CCC(=O)Nc1ccccc1NC(=O)NC(C)C. The van der Waals surface area contributed by atoms with Crippen molar-refractivity contribution in [1.82, 2.24) is 15.1 Å². The molecule has 0 aliphatic carbocycles. The number of aryl methyl sites for hydroxylation is 2. The lowest BCUT2D eigenvalue weighted by Crippen LogP contribution is -2.34. The van der Waals surface area contributed by atoms with E-state index in [2.05, 4.69) is 27.1 Å². The summed E-state index contributed by atoms with van der Waals surface area (Å²) in [5.41, 5.74) is 3.98. The third kappa shape index (κ3) is 6.35. The number of benzene rings is 1. The number of amides is 3. The van der Waals surface area contributed by atoms with E-state index in [-0.39, 0.29) is 24.4 Å². The highest BCUT2D eigenvalue weighted by Gasteiger charge is 2.14. The molecule has 29 heavy (non-hydrogen) atoms. The third-order valence-corrected chi connectivity index (χ3v) is 4.44. The van der Waals surface area contributed by atoms with Gasteiger partial charge in [0.15, 0.2) is 0 Å². The van der Waals surface area contributed by atoms with Gasteiger partial charge in [-0.3, -0.25) is 9.48 Å². The maximum atomic E-state index is 12.5. The summed E-state index contributed by atoms with van der Waals surface area (Å²) in [4.78, 5) is 24.5. The summed E-state index contributed by atoms with van der Waals surface area (Å²) in [6, 6.07) is 8.89. The van der Waals surface area contributed by atoms with Crippen molar-refractivity contribution < 1.29 is 9.59 Å². The molecule has 0 aliphatic heterocycles. The van der Waals surface area contributed by atoms with E-state index in [1.54, 1.807) is 24.3 Å². The predicted octanol–water partition coefficient (Wildman–Crippen LogP) is 3.51. The molecule has 0 unspecified atom stereocenters. The average molecular weight is 396 g/mol. The lowest BCUT2D eigenvalue weighted by Gasteiger charge is -2.14. The van der Waals surface area contributed by atoms with Crippen molar-refractivity contribution in [3.8, 4) is 6.07 Å². The number of aromatic nitrogens is 2. The summed E-state index contributed by atoms with van der Waals surface area (Å²) >= 11 is 0. The van der Waals surface area contributed by atoms with Crippen LogP contribution in [0.5, 0.6) is 0 Å². The number of carbonyl (C=O) groups excluding carboxylic acids is 2. The Labute approximate surface area is 171 Å². The van der Waals surface area contributed by atoms with Crippen LogP contribution in [0.3, 0.4) is 0 Å². The number of nitrogens with zero attached hydrogens (tertiary/aromatic N) is 3. The van der Waals surface area contributed by atoms with Crippen molar-refractivity contribution >= 4 is 23.3 Å². The summed E-state index contributed by atoms with van der Waals surface area (Å²) in [6.45, 7) is 8.17. The number of carbonyl (C=O) groups is 2. The number of rotatable bonds is 8. The molecular formula is C21H28N6O2. The monoisotopic (exact) mass is 396 g/mol. The summed E-state index contributed by atoms with van der Waals surface area (Å²) in [5, 5.41) is 21.6. The van der Waals surface area contributed by atoms with Gasteiger partial charge in [-0.05, 0) is 51.8 Å². The first kappa shape index (κ1) is 22.0. The zero-order valence-corrected chi connectivity index (χ0v) is 17.4. The van der Waals surface area contributed by atoms with Gasteiger partial charge in [-0.15, -0.1) is 0 Å². The Kier molecular flexibility index (Phi) is 7.78. The van der Waals surface area contributed by atoms with E-state index < -0.39 is 0 Å². The van der Waals surface area contributed by atoms with Crippen LogP contribution >= 0.6 is 0 Å². The van der Waals surface area contributed by atoms with Crippen LogP contribution in [0.15, 0.2) is 24.3 Å². The summed E-state index contributed by atoms with van der Waals surface area (Å²) < 4.78 is 1.82. The molecule has 0 spiro atoms. The fraction of sp³-hybridized carbons (Fsp3) is 0.429. The lowest BCUT2D eigenvalue weighted by atomic mass is 10.1. The van der Waals surface area contributed by atoms with E-state index >= 15 is 0 Å². The molecule has 0 bridgehead atoms. The minimum atomic E-state index is -0.322. The van der Waals surface area contributed by atoms with Gasteiger partial charge in [0.2, 0.25) is 5.91 Å². The zero-order valence-electron chi connectivity index (χ0n) is 17.4. The van der Waals surface area contributed by atoms with Gasteiger partial charge in [-0.25, -0.2) is 4.79 Å². The average Bonchev–Trinajstić information content (AvgIpc) is 2.92. The minimum Gasteiger partial charge on any atom is -0.336 e. The molecule has 0 fully saturated rings. The van der Waals surface area contributed by atoms with Crippen molar-refractivity contribution in [3.63, 3.8) is 0 Å². The highest BCUT2D eigenvalue weighted by molar-refractivity contribution is 5.99. The maximum absolute atomic E-state index is 12.5. The molecule has 0 saturated heterocycles. The summed E-state index contributed by atoms with van der Waals surface area (Å²) in [7, 11) is 0. The van der Waals surface area contributed by atoms with E-state index in [4.69, 9.17) is 5.26 Å². The molecule has 0 atom stereocenters. The Bertz CT molecular complexity index is 910. The summed E-state index contributed by atoms with van der Waals surface area (Å²) in [6.07, 6.45) is 1.24. The van der Waals surface area contributed by atoms with Gasteiger partial charge in [-0.1, -0.05) is 12.1 Å². The van der Waals surface area contributed by atoms with Gasteiger partial charge >= 0.3 is 6.03 Å². The third-order valence-electron chi connectivity index (χ3n) is 4.44. The number of hydrogen-bond donors (Lipinski definition) is 3. The molecular weight excluding hydrogens is 368 g/mol. The smallest absolute Gasteiger partial charge is 0.319 e. The van der Waals surface area contributed by atoms with Crippen LogP contribution in [-0.2, 0) is 17.8 Å². The molecule has 2 rings (SSSR count). The molecule has 154 valence electrons. The van der Waals surface area contributed by atoms with Gasteiger partial charge in [0, 0.05) is 18.2 Å². The van der Waals surface area contributed by atoms with Gasteiger partial charge in [0.1, 0.15) is 0 Å². The zero-order chi connectivity index (χ0) is 21.4. The van der Waals surface area contributed by atoms with Crippen molar-refractivity contribution in [1.29, 1.82) is 5.26 Å². The molecule has 8 heteroatoms. The first-order valence-corrected chi connectivity index (χ1v) is 9.68. The molecule has 0 radical (unpaired) electrons. The van der Waals surface area contributed by atoms with Crippen LogP contribution in [0.1, 0.15) is 43.6 Å². The van der Waals surface area contributed by atoms with Crippen molar-refractivity contribution in [2.45, 2.75) is 59.5 Å². The van der Waals surface area contributed by atoms with Gasteiger partial charge in [0.05, 0.1) is 36.1 Å². The first-order chi connectivity index (χ1) is 13.8. The Morgan fingerprint density at radius 2 is 1.83 bits per heavy atom. The molecule has 0 saturated carbocycles. The maximum Gasteiger partial charge on any atom is 0.319 e. The molecule has 3 N–H and O–H groups in total. The second kappa shape index (κ2) is 10.3. The van der Waals surface area contributed by atoms with Gasteiger partial charge < -0.3 is 16.0 Å². The molecule has 0 aliphatic rings. The van der Waals surface area contributed by atoms with E-state index in [0.29, 0.717) is 30.8 Å². The normalized spacial score (nSPS) is 10.5. The van der Waals surface area contributed by atoms with Crippen LogP contribution in [-0.4, -0.2) is 27.8 Å². The van der Waals surface area contributed by atoms with Crippen LogP contribution in [0.4, 0.5) is 16.2 Å². The lowest BCUT2D eigenvalue weighted by molar-refractivity contribution is -0.116. The van der Waals surface area contributed by atoms with Crippen molar-refractivity contribution in [3.05, 3.63) is 41.2 Å². The molecule has 3 amide bonds. The topological polar surface area (TPSA) is 112 Å².